The van der Waals surface area contributed by atoms with Crippen molar-refractivity contribution >= 4 is 28.2 Å². The fourth-order valence-corrected chi connectivity index (χ4v) is 3.80. The Labute approximate surface area is 141 Å². The number of hydrogen-bond donors (Lipinski definition) is 1. The quantitative estimate of drug-likeness (QED) is 0.671. The van der Waals surface area contributed by atoms with E-state index in [0.717, 1.165) is 21.6 Å². The van der Waals surface area contributed by atoms with Crippen LogP contribution in [0.4, 0.5) is 0 Å². The molecule has 1 heterocycles. The molecule has 2 rings (SSSR count). The van der Waals surface area contributed by atoms with Crippen LogP contribution in [0, 0.1) is 0 Å². The molecule has 2 N–H and O–H groups in total. The van der Waals surface area contributed by atoms with Crippen LogP contribution in [0.2, 0.25) is 0 Å². The normalized spacial score (nSPS) is 17.2. The number of allylic oxidation sites excluding steroid dienone is 4. The number of Topliss-reactive ketones (excluding diaryl/α,β-unsaturated/α-hetero) is 1. The van der Waals surface area contributed by atoms with Crippen molar-refractivity contribution in [1.29, 1.82) is 0 Å². The Morgan fingerprint density at radius 2 is 2.04 bits per heavy atom. The maximum Gasteiger partial charge on any atom is 0.194 e. The van der Waals surface area contributed by atoms with Crippen LogP contribution in [0.5, 0.6) is 0 Å². The topological polar surface area (TPSA) is 60.2 Å². The molecule has 0 amide bonds. The van der Waals surface area contributed by atoms with Gasteiger partial charge in [0.25, 0.3) is 0 Å². The molecule has 0 aliphatic carbocycles. The molecule has 23 heavy (non-hydrogen) atoms. The first kappa shape index (κ1) is 17.3. The summed E-state index contributed by atoms with van der Waals surface area (Å²) in [6.07, 6.45) is 5.29. The summed E-state index contributed by atoms with van der Waals surface area (Å²) in [5, 5.41) is 0.202. The van der Waals surface area contributed by atoms with Gasteiger partial charge >= 0.3 is 0 Å². The molecule has 0 saturated heterocycles. The van der Waals surface area contributed by atoms with E-state index in [1.165, 1.54) is 24.9 Å². The molecular weight excluding hydrogens is 306 g/mol. The fourth-order valence-electron chi connectivity index (χ4n) is 2.54. The van der Waals surface area contributed by atoms with Crippen LogP contribution in [0.15, 0.2) is 53.6 Å². The molecule has 0 fully saturated rings. The van der Waals surface area contributed by atoms with Crippen molar-refractivity contribution in [3.8, 4) is 0 Å². The summed E-state index contributed by atoms with van der Waals surface area (Å²) in [7, 11) is 0. The molecule has 0 radical (unpaired) electrons. The number of benzene rings is 1. The molecule has 0 unspecified atom stereocenters. The SMILES string of the molecule is C=C(/C=C\C(=C/N)C(C)=O)c1ccc2c(c1)C(C)(C)CC(=O)S2. The Balaban J connectivity index is 2.32. The van der Waals surface area contributed by atoms with Crippen molar-refractivity contribution in [3.05, 3.63) is 59.8 Å². The van der Waals surface area contributed by atoms with Gasteiger partial charge in [-0.25, -0.2) is 0 Å². The Morgan fingerprint density at radius 3 is 2.65 bits per heavy atom. The molecule has 0 aromatic heterocycles. The van der Waals surface area contributed by atoms with Crippen LogP contribution in [0.25, 0.3) is 5.57 Å². The lowest BCUT2D eigenvalue weighted by Gasteiger charge is -2.31. The molecule has 0 saturated carbocycles. The van der Waals surface area contributed by atoms with Crippen molar-refractivity contribution in [2.75, 3.05) is 0 Å². The van der Waals surface area contributed by atoms with E-state index in [9.17, 15) is 9.59 Å². The van der Waals surface area contributed by atoms with Gasteiger partial charge in [0.1, 0.15) is 0 Å². The number of thioether (sulfide) groups is 1. The van der Waals surface area contributed by atoms with Crippen molar-refractivity contribution < 1.29 is 9.59 Å². The Hall–Kier alpha value is -2.07. The lowest BCUT2D eigenvalue weighted by Crippen LogP contribution is -2.25. The van der Waals surface area contributed by atoms with Gasteiger partial charge < -0.3 is 5.73 Å². The number of rotatable bonds is 4. The molecular formula is C19H21NO2S. The highest BCUT2D eigenvalue weighted by molar-refractivity contribution is 8.13. The molecule has 0 atom stereocenters. The van der Waals surface area contributed by atoms with Gasteiger partial charge in [0.15, 0.2) is 10.9 Å². The zero-order chi connectivity index (χ0) is 17.2. The summed E-state index contributed by atoms with van der Waals surface area (Å²) in [5.41, 5.74) is 8.64. The number of hydrogen-bond acceptors (Lipinski definition) is 4. The monoisotopic (exact) mass is 327 g/mol. The lowest BCUT2D eigenvalue weighted by molar-refractivity contribution is -0.113. The second-order valence-electron chi connectivity index (χ2n) is 6.28. The predicted octanol–water partition coefficient (Wildman–Crippen LogP) is 3.99. The summed E-state index contributed by atoms with van der Waals surface area (Å²) in [6.45, 7) is 9.70. The van der Waals surface area contributed by atoms with E-state index in [0.29, 0.717) is 12.0 Å². The average molecular weight is 327 g/mol. The van der Waals surface area contributed by atoms with E-state index in [1.807, 2.05) is 12.1 Å². The molecule has 3 nitrogen and oxygen atoms in total. The molecule has 1 aromatic carbocycles. The van der Waals surface area contributed by atoms with Gasteiger partial charge in [-0.15, -0.1) is 0 Å². The van der Waals surface area contributed by atoms with Gasteiger partial charge in [0.05, 0.1) is 0 Å². The van der Waals surface area contributed by atoms with Crippen LogP contribution in [-0.2, 0) is 15.0 Å². The summed E-state index contributed by atoms with van der Waals surface area (Å²) in [5.74, 6) is -0.0852. The summed E-state index contributed by atoms with van der Waals surface area (Å²) >= 11 is 1.30. The Morgan fingerprint density at radius 1 is 1.35 bits per heavy atom. The minimum atomic E-state index is -0.181. The maximum atomic E-state index is 11.8. The first-order valence-electron chi connectivity index (χ1n) is 7.40. The fraction of sp³-hybridized carbons (Fsp3) is 0.263. The van der Waals surface area contributed by atoms with Crippen LogP contribution >= 0.6 is 11.8 Å². The van der Waals surface area contributed by atoms with Crippen LogP contribution in [0.1, 0.15) is 38.3 Å². The van der Waals surface area contributed by atoms with Gasteiger partial charge in [-0.05, 0) is 47.2 Å². The van der Waals surface area contributed by atoms with Crippen molar-refractivity contribution in [2.45, 2.75) is 37.5 Å². The van der Waals surface area contributed by atoms with Gasteiger partial charge in [0, 0.05) is 23.1 Å². The minimum Gasteiger partial charge on any atom is -0.404 e. The Kier molecular flexibility index (Phi) is 4.95. The summed E-state index contributed by atoms with van der Waals surface area (Å²) in [4.78, 5) is 24.2. The van der Waals surface area contributed by atoms with Gasteiger partial charge in [-0.1, -0.05) is 44.3 Å². The highest BCUT2D eigenvalue weighted by Gasteiger charge is 2.32. The van der Waals surface area contributed by atoms with Crippen molar-refractivity contribution in [1.82, 2.24) is 0 Å². The van der Waals surface area contributed by atoms with E-state index >= 15 is 0 Å². The van der Waals surface area contributed by atoms with Crippen LogP contribution in [0.3, 0.4) is 0 Å². The highest BCUT2D eigenvalue weighted by Crippen LogP contribution is 2.43. The standard InChI is InChI=1S/C19H21NO2S/c1-12(5-6-15(11-20)13(2)21)14-7-8-17-16(9-14)19(3,4)10-18(22)23-17/h5-9,11H,1,10,20H2,2-4H3/b6-5-,15-11+. The summed E-state index contributed by atoms with van der Waals surface area (Å²) < 4.78 is 0. The van der Waals surface area contributed by atoms with Crippen molar-refractivity contribution in [3.63, 3.8) is 0 Å². The molecule has 0 spiro atoms. The number of carbonyl (C=O) groups excluding carboxylic acids is 2. The van der Waals surface area contributed by atoms with Gasteiger partial charge in [-0.2, -0.15) is 0 Å². The number of fused-ring (bicyclic) bond motifs is 1. The molecule has 120 valence electrons. The van der Waals surface area contributed by atoms with E-state index in [4.69, 9.17) is 5.73 Å². The second kappa shape index (κ2) is 6.59. The zero-order valence-corrected chi connectivity index (χ0v) is 14.5. The molecule has 4 heteroatoms. The number of ketones is 1. The van der Waals surface area contributed by atoms with Crippen LogP contribution < -0.4 is 5.73 Å². The molecule has 0 bridgehead atoms. The highest BCUT2D eigenvalue weighted by atomic mass is 32.2. The number of nitrogens with two attached hydrogens (primary N) is 1. The smallest absolute Gasteiger partial charge is 0.194 e. The molecule has 1 aromatic rings. The Bertz CT molecular complexity index is 742. The number of carbonyl (C=O) groups is 2. The molecule has 1 aliphatic rings. The van der Waals surface area contributed by atoms with Crippen molar-refractivity contribution in [2.24, 2.45) is 5.73 Å². The van der Waals surface area contributed by atoms with Gasteiger partial charge in [0.2, 0.25) is 0 Å². The van der Waals surface area contributed by atoms with E-state index in [-0.39, 0.29) is 16.3 Å². The van der Waals surface area contributed by atoms with Crippen LogP contribution in [-0.4, -0.2) is 10.9 Å². The third-order valence-corrected chi connectivity index (χ3v) is 4.89. The largest absolute Gasteiger partial charge is 0.404 e. The third kappa shape index (κ3) is 3.82. The first-order valence-corrected chi connectivity index (χ1v) is 8.21. The lowest BCUT2D eigenvalue weighted by atomic mass is 9.80. The third-order valence-electron chi connectivity index (χ3n) is 3.94. The molecule has 1 aliphatic heterocycles. The van der Waals surface area contributed by atoms with E-state index in [2.05, 4.69) is 26.5 Å². The predicted molar refractivity (Wildman–Crippen MR) is 96.1 cm³/mol. The average Bonchev–Trinajstić information content (AvgIpc) is 2.46. The second-order valence-corrected chi connectivity index (χ2v) is 7.38. The van der Waals surface area contributed by atoms with Gasteiger partial charge in [-0.3, -0.25) is 9.59 Å². The maximum absolute atomic E-state index is 11.8. The minimum absolute atomic E-state index is 0.0852. The van der Waals surface area contributed by atoms with E-state index in [1.54, 1.807) is 12.2 Å². The first-order chi connectivity index (χ1) is 10.7. The van der Waals surface area contributed by atoms with E-state index < -0.39 is 0 Å². The zero-order valence-electron chi connectivity index (χ0n) is 13.7. The summed E-state index contributed by atoms with van der Waals surface area (Å²) in [6, 6.07) is 6.01.